The average molecular weight is 403 g/mol. The van der Waals surface area contributed by atoms with E-state index in [0.29, 0.717) is 16.3 Å². The fraction of sp³-hybridized carbons (Fsp3) is 0.176. The minimum absolute atomic E-state index is 0.0173. The minimum Gasteiger partial charge on any atom is -0.478 e. The van der Waals surface area contributed by atoms with E-state index in [4.69, 9.17) is 39.5 Å². The Kier molecular flexibility index (Phi) is 6.16. The number of carbonyl (C=O) groups excluding carboxylic acids is 1. The van der Waals surface area contributed by atoms with Gasteiger partial charge in [-0.05, 0) is 24.6 Å². The van der Waals surface area contributed by atoms with Crippen molar-refractivity contribution in [2.24, 2.45) is 0 Å². The molecule has 0 saturated carbocycles. The van der Waals surface area contributed by atoms with Crippen LogP contribution in [0.15, 0.2) is 57.4 Å². The van der Waals surface area contributed by atoms with E-state index in [0.717, 1.165) is 0 Å². The summed E-state index contributed by atoms with van der Waals surface area (Å²) in [6, 6.07) is 6.69. The molecule has 0 aromatic heterocycles. The first-order valence-electron chi connectivity index (χ1n) is 7.08. The van der Waals surface area contributed by atoms with Gasteiger partial charge in [0.25, 0.3) is 0 Å². The Hall–Kier alpha value is -1.95. The monoisotopic (exact) mass is 401 g/mol. The molecule has 1 atom stereocenters. The molecule has 0 fully saturated rings. The molecule has 0 radical (unpaired) electrons. The van der Waals surface area contributed by atoms with Crippen molar-refractivity contribution in [3.05, 3.63) is 68.0 Å². The number of nitrogens with one attached hydrogen (secondary N) is 1. The number of rotatable bonds is 4. The van der Waals surface area contributed by atoms with Crippen LogP contribution in [0.4, 0.5) is 0 Å². The highest BCUT2D eigenvalue weighted by atomic mass is 35.5. The molecule has 8 heteroatoms. The number of hydrogen-bond donors (Lipinski definition) is 2. The van der Waals surface area contributed by atoms with E-state index in [1.807, 2.05) is 0 Å². The van der Waals surface area contributed by atoms with Crippen molar-refractivity contribution < 1.29 is 19.4 Å². The van der Waals surface area contributed by atoms with Crippen LogP contribution < -0.4 is 5.32 Å². The van der Waals surface area contributed by atoms with Crippen LogP contribution in [0, 0.1) is 0 Å². The molecule has 2 N–H and O–H groups in total. The van der Waals surface area contributed by atoms with Gasteiger partial charge in [-0.15, -0.1) is 0 Å². The topological polar surface area (TPSA) is 75.6 Å². The number of dihydropyridines is 1. The van der Waals surface area contributed by atoms with Crippen molar-refractivity contribution in [3.8, 4) is 0 Å². The predicted octanol–water partition coefficient (Wildman–Crippen LogP) is 4.13. The number of carboxylic acids is 1. The molecule has 2 rings (SSSR count). The Bertz CT molecular complexity index is 823. The van der Waals surface area contributed by atoms with Crippen LogP contribution >= 0.6 is 34.8 Å². The molecule has 1 aliphatic heterocycles. The number of aliphatic carboxylic acids is 1. The SMILES string of the molecule is COC(=O)C1=C(C=C(Cl)Cl)NC(C)=C(C(=O)O)C1c1ccccc1Cl. The van der Waals surface area contributed by atoms with Gasteiger partial charge in [0.15, 0.2) is 0 Å². The summed E-state index contributed by atoms with van der Waals surface area (Å²) in [4.78, 5) is 24.3. The lowest BCUT2D eigenvalue weighted by Crippen LogP contribution is -2.32. The largest absolute Gasteiger partial charge is 0.478 e. The zero-order valence-corrected chi connectivity index (χ0v) is 15.5. The maximum Gasteiger partial charge on any atom is 0.336 e. The lowest BCUT2D eigenvalue weighted by Gasteiger charge is -2.30. The number of methoxy groups -OCH3 is 1. The fourth-order valence-electron chi connectivity index (χ4n) is 2.72. The highest BCUT2D eigenvalue weighted by molar-refractivity contribution is 6.56. The van der Waals surface area contributed by atoms with Crippen molar-refractivity contribution in [1.29, 1.82) is 0 Å². The molecule has 0 bridgehead atoms. The lowest BCUT2D eigenvalue weighted by atomic mass is 9.80. The Balaban J connectivity index is 2.83. The second-order valence-corrected chi connectivity index (χ2v) is 6.59. The first-order valence-corrected chi connectivity index (χ1v) is 8.22. The van der Waals surface area contributed by atoms with Gasteiger partial charge in [0.1, 0.15) is 4.49 Å². The van der Waals surface area contributed by atoms with Gasteiger partial charge in [-0.3, -0.25) is 0 Å². The van der Waals surface area contributed by atoms with Gasteiger partial charge in [-0.2, -0.15) is 0 Å². The average Bonchev–Trinajstić information content (AvgIpc) is 2.53. The third-order valence-corrected chi connectivity index (χ3v) is 4.26. The Morgan fingerprint density at radius 1 is 1.24 bits per heavy atom. The molecular weight excluding hydrogens is 389 g/mol. The fourth-order valence-corrected chi connectivity index (χ4v) is 3.18. The summed E-state index contributed by atoms with van der Waals surface area (Å²) in [6.45, 7) is 1.58. The molecule has 0 aliphatic carbocycles. The first kappa shape index (κ1) is 19.4. The van der Waals surface area contributed by atoms with E-state index in [2.05, 4.69) is 5.32 Å². The van der Waals surface area contributed by atoms with Gasteiger partial charge in [-0.25, -0.2) is 9.59 Å². The highest BCUT2D eigenvalue weighted by Gasteiger charge is 2.38. The van der Waals surface area contributed by atoms with Gasteiger partial charge in [0.05, 0.1) is 29.9 Å². The van der Waals surface area contributed by atoms with Crippen molar-refractivity contribution in [2.75, 3.05) is 7.11 Å². The first-order chi connectivity index (χ1) is 11.8. The molecule has 0 spiro atoms. The van der Waals surface area contributed by atoms with Gasteiger partial charge in [-0.1, -0.05) is 53.0 Å². The van der Waals surface area contributed by atoms with Crippen LogP contribution in [0.25, 0.3) is 0 Å². The maximum absolute atomic E-state index is 12.4. The van der Waals surface area contributed by atoms with Crippen LogP contribution in [0.5, 0.6) is 0 Å². The summed E-state index contributed by atoms with van der Waals surface area (Å²) in [7, 11) is 1.20. The van der Waals surface area contributed by atoms with Crippen molar-refractivity contribution in [2.45, 2.75) is 12.8 Å². The molecule has 132 valence electrons. The highest BCUT2D eigenvalue weighted by Crippen LogP contribution is 2.41. The minimum atomic E-state index is -1.18. The van der Waals surface area contributed by atoms with Gasteiger partial charge < -0.3 is 15.2 Å². The molecule has 25 heavy (non-hydrogen) atoms. The molecular formula is C17H14Cl3NO4. The Morgan fingerprint density at radius 2 is 1.88 bits per heavy atom. The van der Waals surface area contributed by atoms with E-state index in [1.165, 1.54) is 13.2 Å². The lowest BCUT2D eigenvalue weighted by molar-refractivity contribution is -0.136. The molecule has 5 nitrogen and oxygen atoms in total. The molecule has 1 aliphatic rings. The molecule has 0 amide bonds. The molecule has 1 heterocycles. The van der Waals surface area contributed by atoms with E-state index < -0.39 is 17.9 Å². The van der Waals surface area contributed by atoms with Crippen molar-refractivity contribution in [1.82, 2.24) is 5.32 Å². The number of ether oxygens (including phenoxy) is 1. The number of benzene rings is 1. The van der Waals surface area contributed by atoms with E-state index in [1.54, 1.807) is 31.2 Å². The smallest absolute Gasteiger partial charge is 0.336 e. The summed E-state index contributed by atoms with van der Waals surface area (Å²) in [5, 5.41) is 12.9. The second-order valence-electron chi connectivity index (χ2n) is 5.18. The number of halogens is 3. The van der Waals surface area contributed by atoms with Crippen LogP contribution in [0.3, 0.4) is 0 Å². The van der Waals surface area contributed by atoms with Gasteiger partial charge in [0, 0.05) is 10.7 Å². The third kappa shape index (κ3) is 4.00. The van der Waals surface area contributed by atoms with Crippen molar-refractivity contribution >= 4 is 46.7 Å². The van der Waals surface area contributed by atoms with E-state index >= 15 is 0 Å². The van der Waals surface area contributed by atoms with E-state index in [9.17, 15) is 14.7 Å². The molecule has 0 saturated heterocycles. The number of esters is 1. The standard InChI is InChI=1S/C17H14Cl3NO4/c1-8-13(16(22)23)14(9-5-3-4-6-10(9)18)15(17(24)25-2)11(21-8)7-12(19)20/h3-7,14,21H,1-2H3,(H,22,23). The predicted molar refractivity (Wildman–Crippen MR) is 96.5 cm³/mol. The normalized spacial score (nSPS) is 17.1. The zero-order valence-electron chi connectivity index (χ0n) is 13.3. The maximum atomic E-state index is 12.4. The summed E-state index contributed by atoms with van der Waals surface area (Å²) < 4.78 is 4.74. The number of hydrogen-bond acceptors (Lipinski definition) is 4. The number of allylic oxidation sites excluding steroid dienone is 2. The third-order valence-electron chi connectivity index (χ3n) is 3.70. The van der Waals surface area contributed by atoms with Crippen LogP contribution in [0.1, 0.15) is 18.4 Å². The second kappa shape index (κ2) is 7.95. The summed E-state index contributed by atoms with van der Waals surface area (Å²) in [6.07, 6.45) is 1.32. The number of carboxylic acid groups (broad SMARTS) is 1. The summed E-state index contributed by atoms with van der Waals surface area (Å²) >= 11 is 17.7. The van der Waals surface area contributed by atoms with Crippen LogP contribution in [0.2, 0.25) is 5.02 Å². The summed E-state index contributed by atoms with van der Waals surface area (Å²) in [5.41, 5.74) is 1.08. The van der Waals surface area contributed by atoms with Crippen molar-refractivity contribution in [3.63, 3.8) is 0 Å². The Labute approximate surface area is 159 Å². The summed E-state index contributed by atoms with van der Waals surface area (Å²) in [5.74, 6) is -2.85. The van der Waals surface area contributed by atoms with Crippen LogP contribution in [-0.4, -0.2) is 24.2 Å². The van der Waals surface area contributed by atoms with Crippen LogP contribution in [-0.2, 0) is 14.3 Å². The quantitative estimate of drug-likeness (QED) is 0.741. The van der Waals surface area contributed by atoms with E-state index in [-0.39, 0.29) is 21.3 Å². The molecule has 1 aromatic carbocycles. The molecule has 1 unspecified atom stereocenters. The van der Waals surface area contributed by atoms with Gasteiger partial charge in [0.2, 0.25) is 0 Å². The van der Waals surface area contributed by atoms with Gasteiger partial charge >= 0.3 is 11.9 Å². The number of carbonyl (C=O) groups is 2. The zero-order chi connectivity index (χ0) is 18.7. The Morgan fingerprint density at radius 3 is 2.40 bits per heavy atom. The molecule has 1 aromatic rings.